The standard InChI is InChI=1S/C17H26N2O3Si/c1-17(2,3)23(4,5)22-15(11-18)19-14(21)10-9-12-7-6-8-13(20)16(12)19/h6-10,15,20H,11,18H2,1-5H3. The molecule has 0 radical (unpaired) electrons. The summed E-state index contributed by atoms with van der Waals surface area (Å²) < 4.78 is 7.82. The maximum absolute atomic E-state index is 12.5. The second-order valence-electron chi connectivity index (χ2n) is 7.33. The Balaban J connectivity index is 2.61. The molecule has 1 atom stereocenters. The minimum atomic E-state index is -2.12. The number of aromatic nitrogens is 1. The van der Waals surface area contributed by atoms with E-state index in [1.54, 1.807) is 18.2 Å². The lowest BCUT2D eigenvalue weighted by Gasteiger charge is -2.39. The van der Waals surface area contributed by atoms with E-state index in [-0.39, 0.29) is 22.9 Å². The van der Waals surface area contributed by atoms with Gasteiger partial charge in [0.15, 0.2) is 8.32 Å². The molecule has 2 rings (SSSR count). The van der Waals surface area contributed by atoms with E-state index in [0.29, 0.717) is 5.52 Å². The summed E-state index contributed by atoms with van der Waals surface area (Å²) in [5, 5.41) is 11.0. The van der Waals surface area contributed by atoms with Crippen LogP contribution in [0.25, 0.3) is 10.9 Å². The van der Waals surface area contributed by atoms with Crippen molar-refractivity contribution in [2.24, 2.45) is 5.73 Å². The van der Waals surface area contributed by atoms with Crippen molar-refractivity contribution in [3.8, 4) is 5.75 Å². The van der Waals surface area contributed by atoms with Gasteiger partial charge in [-0.05, 0) is 30.3 Å². The predicted molar refractivity (Wildman–Crippen MR) is 96.2 cm³/mol. The number of pyridine rings is 1. The van der Waals surface area contributed by atoms with Gasteiger partial charge in [-0.2, -0.15) is 0 Å². The summed E-state index contributed by atoms with van der Waals surface area (Å²) >= 11 is 0. The molecular formula is C17H26N2O3Si. The number of hydrogen-bond donors (Lipinski definition) is 2. The third-order valence-corrected chi connectivity index (χ3v) is 9.13. The monoisotopic (exact) mass is 334 g/mol. The molecule has 0 saturated heterocycles. The minimum absolute atomic E-state index is 0.00332. The molecule has 2 aromatic rings. The summed E-state index contributed by atoms with van der Waals surface area (Å²) in [5.74, 6) is 0.0532. The molecule has 0 fully saturated rings. The van der Waals surface area contributed by atoms with E-state index >= 15 is 0 Å². The Morgan fingerprint density at radius 3 is 2.48 bits per heavy atom. The molecule has 1 heterocycles. The first-order valence-electron chi connectivity index (χ1n) is 7.79. The van der Waals surface area contributed by atoms with Crippen LogP contribution in [0.5, 0.6) is 5.75 Å². The second-order valence-corrected chi connectivity index (χ2v) is 12.1. The van der Waals surface area contributed by atoms with Gasteiger partial charge in [-0.1, -0.05) is 32.9 Å². The van der Waals surface area contributed by atoms with Crippen LogP contribution in [0, 0.1) is 0 Å². The van der Waals surface area contributed by atoms with Crippen molar-refractivity contribution in [3.05, 3.63) is 40.7 Å². The Morgan fingerprint density at radius 2 is 1.91 bits per heavy atom. The molecule has 1 unspecified atom stereocenters. The maximum atomic E-state index is 12.5. The maximum Gasteiger partial charge on any atom is 0.253 e. The molecule has 0 amide bonds. The number of hydrogen-bond acceptors (Lipinski definition) is 4. The van der Waals surface area contributed by atoms with Crippen LogP contribution in [0.3, 0.4) is 0 Å². The Bertz CT molecular complexity index is 763. The first-order chi connectivity index (χ1) is 10.6. The van der Waals surface area contributed by atoms with Gasteiger partial charge in [0, 0.05) is 18.0 Å². The number of aromatic hydroxyl groups is 1. The predicted octanol–water partition coefficient (Wildman–Crippen LogP) is 3.19. The van der Waals surface area contributed by atoms with E-state index in [2.05, 4.69) is 33.9 Å². The van der Waals surface area contributed by atoms with Crippen molar-refractivity contribution in [2.45, 2.75) is 45.1 Å². The quantitative estimate of drug-likeness (QED) is 0.842. The molecular weight excluding hydrogens is 308 g/mol. The van der Waals surface area contributed by atoms with Gasteiger partial charge >= 0.3 is 0 Å². The Hall–Kier alpha value is -1.63. The van der Waals surface area contributed by atoms with Crippen molar-refractivity contribution in [1.29, 1.82) is 0 Å². The smallest absolute Gasteiger partial charge is 0.253 e. The number of nitrogens with two attached hydrogens (primary N) is 1. The largest absolute Gasteiger partial charge is 0.506 e. The highest BCUT2D eigenvalue weighted by atomic mass is 28.4. The summed E-state index contributed by atoms with van der Waals surface area (Å²) in [7, 11) is -2.12. The van der Waals surface area contributed by atoms with Gasteiger partial charge in [-0.25, -0.2) is 0 Å². The van der Waals surface area contributed by atoms with Gasteiger partial charge in [0.25, 0.3) is 5.56 Å². The Morgan fingerprint density at radius 1 is 1.26 bits per heavy atom. The van der Waals surface area contributed by atoms with Crippen molar-refractivity contribution in [2.75, 3.05) is 6.54 Å². The number of fused-ring (bicyclic) bond motifs is 1. The lowest BCUT2D eigenvalue weighted by atomic mass is 10.2. The average Bonchev–Trinajstić information content (AvgIpc) is 2.44. The number of phenols is 1. The molecule has 1 aromatic carbocycles. The van der Waals surface area contributed by atoms with Crippen LogP contribution in [0.2, 0.25) is 18.1 Å². The molecule has 1 aromatic heterocycles. The zero-order valence-electron chi connectivity index (χ0n) is 14.5. The van der Waals surface area contributed by atoms with Gasteiger partial charge in [0.1, 0.15) is 12.0 Å². The summed E-state index contributed by atoms with van der Waals surface area (Å²) in [4.78, 5) is 12.5. The third-order valence-electron chi connectivity index (χ3n) is 4.66. The van der Waals surface area contributed by atoms with Crippen molar-refractivity contribution < 1.29 is 9.53 Å². The Labute approximate surface area is 137 Å². The molecule has 0 aliphatic heterocycles. The molecule has 0 aliphatic carbocycles. The first kappa shape index (κ1) is 17.7. The first-order valence-corrected chi connectivity index (χ1v) is 10.7. The van der Waals surface area contributed by atoms with E-state index < -0.39 is 14.5 Å². The molecule has 0 saturated carbocycles. The van der Waals surface area contributed by atoms with Gasteiger partial charge in [0.05, 0.1) is 5.52 Å². The highest BCUT2D eigenvalue weighted by Gasteiger charge is 2.39. The van der Waals surface area contributed by atoms with Crippen LogP contribution < -0.4 is 11.3 Å². The summed E-state index contributed by atoms with van der Waals surface area (Å²) in [6, 6.07) is 8.36. The van der Waals surface area contributed by atoms with Gasteiger partial charge in [0.2, 0.25) is 0 Å². The lowest BCUT2D eigenvalue weighted by molar-refractivity contribution is 0.123. The minimum Gasteiger partial charge on any atom is -0.506 e. The van der Waals surface area contributed by atoms with Crippen LogP contribution in [0.15, 0.2) is 35.1 Å². The van der Waals surface area contributed by atoms with Crippen LogP contribution >= 0.6 is 0 Å². The third kappa shape index (κ3) is 3.34. The van der Waals surface area contributed by atoms with Gasteiger partial charge in [-0.15, -0.1) is 0 Å². The zero-order chi connectivity index (χ0) is 17.4. The zero-order valence-corrected chi connectivity index (χ0v) is 15.5. The fourth-order valence-electron chi connectivity index (χ4n) is 2.31. The summed E-state index contributed by atoms with van der Waals surface area (Å²) in [5.41, 5.74) is 6.16. The summed E-state index contributed by atoms with van der Waals surface area (Å²) in [6.07, 6.45) is -0.597. The van der Waals surface area contributed by atoms with E-state index in [9.17, 15) is 9.90 Å². The average molecular weight is 334 g/mol. The molecule has 0 bridgehead atoms. The lowest BCUT2D eigenvalue weighted by Crippen LogP contribution is -2.46. The molecule has 0 aliphatic rings. The van der Waals surface area contributed by atoms with E-state index in [1.165, 1.54) is 10.6 Å². The molecule has 6 heteroatoms. The highest BCUT2D eigenvalue weighted by Crippen LogP contribution is 2.39. The van der Waals surface area contributed by atoms with Crippen LogP contribution in [0.4, 0.5) is 0 Å². The molecule has 0 spiro atoms. The molecule has 5 nitrogen and oxygen atoms in total. The van der Waals surface area contributed by atoms with Crippen molar-refractivity contribution in [1.82, 2.24) is 4.57 Å². The van der Waals surface area contributed by atoms with Crippen molar-refractivity contribution >= 4 is 19.2 Å². The van der Waals surface area contributed by atoms with Gasteiger partial charge < -0.3 is 15.3 Å². The second kappa shape index (κ2) is 6.11. The van der Waals surface area contributed by atoms with Crippen LogP contribution in [0.1, 0.15) is 27.0 Å². The van der Waals surface area contributed by atoms with Crippen LogP contribution in [-0.2, 0) is 4.43 Å². The van der Waals surface area contributed by atoms with Gasteiger partial charge in [-0.3, -0.25) is 9.36 Å². The number of rotatable bonds is 4. The fourth-order valence-corrected chi connectivity index (χ4v) is 3.54. The van der Waals surface area contributed by atoms with E-state index in [1.807, 2.05) is 6.07 Å². The van der Waals surface area contributed by atoms with Crippen molar-refractivity contribution in [3.63, 3.8) is 0 Å². The topological polar surface area (TPSA) is 77.5 Å². The number of phenolic OH excluding ortho intramolecular Hbond substituents is 1. The molecule has 126 valence electrons. The SMILES string of the molecule is CC(C)(C)[Si](C)(C)OC(CN)n1c(=O)ccc2cccc(O)c21. The Kier molecular flexibility index (Phi) is 4.70. The molecule has 23 heavy (non-hydrogen) atoms. The molecule has 3 N–H and O–H groups in total. The van der Waals surface area contributed by atoms with Crippen LogP contribution in [-0.4, -0.2) is 24.5 Å². The number of benzene rings is 1. The highest BCUT2D eigenvalue weighted by molar-refractivity contribution is 6.74. The fraction of sp³-hybridized carbons (Fsp3) is 0.471. The number of nitrogens with zero attached hydrogens (tertiary/aromatic N) is 1. The van der Waals surface area contributed by atoms with E-state index in [0.717, 1.165) is 5.39 Å². The normalized spacial score (nSPS) is 14.2. The summed E-state index contributed by atoms with van der Waals surface area (Å²) in [6.45, 7) is 10.8. The number of para-hydroxylation sites is 1. The van der Waals surface area contributed by atoms with E-state index in [4.69, 9.17) is 10.2 Å².